The number of nitrogens with zero attached hydrogens (tertiary/aromatic N) is 3. The van der Waals surface area contributed by atoms with Gasteiger partial charge in [-0.1, -0.05) is 19.0 Å². The van der Waals surface area contributed by atoms with Gasteiger partial charge in [-0.2, -0.15) is 0 Å². The lowest BCUT2D eigenvalue weighted by Gasteiger charge is -2.43. The molecule has 0 amide bonds. The third-order valence-electron chi connectivity index (χ3n) is 4.71. The van der Waals surface area contributed by atoms with Crippen molar-refractivity contribution in [3.8, 4) is 5.75 Å². The van der Waals surface area contributed by atoms with Crippen LogP contribution in [0.15, 0.2) is 29.4 Å². The van der Waals surface area contributed by atoms with Crippen LogP contribution in [0.4, 0.5) is 5.69 Å². The maximum Gasteiger partial charge on any atom is 0.325 e. The van der Waals surface area contributed by atoms with Crippen LogP contribution in [0.2, 0.25) is 0 Å². The number of hydrogen-bond acceptors (Lipinski definition) is 6. The van der Waals surface area contributed by atoms with Crippen molar-refractivity contribution in [1.82, 2.24) is 0 Å². The Kier molecular flexibility index (Phi) is 7.46. The first-order valence-electron chi connectivity index (χ1n) is 8.80. The van der Waals surface area contributed by atoms with Gasteiger partial charge >= 0.3 is 13.6 Å². The molecule has 1 saturated heterocycles. The van der Waals surface area contributed by atoms with Gasteiger partial charge in [-0.15, -0.1) is 0 Å². The number of azide groups is 1. The Bertz CT molecular complexity index is 775. The molecule has 0 unspecified atom stereocenters. The summed E-state index contributed by atoms with van der Waals surface area (Å²) in [6.07, 6.45) is -2.41. The fourth-order valence-corrected chi connectivity index (χ4v) is 3.66. The summed E-state index contributed by atoms with van der Waals surface area (Å²) in [6, 6.07) is 6.46. The van der Waals surface area contributed by atoms with Gasteiger partial charge in [0.15, 0.2) is 0 Å². The molecule has 10 nitrogen and oxygen atoms in total. The smallest absolute Gasteiger partial charge is 0.325 e. The number of esters is 1. The predicted octanol–water partition coefficient (Wildman–Crippen LogP) is 3.50. The fraction of sp³-hybridized carbons (Fsp3) is 0.588. The van der Waals surface area contributed by atoms with E-state index in [9.17, 15) is 19.1 Å². The maximum absolute atomic E-state index is 11.5. The molecule has 1 aromatic rings. The van der Waals surface area contributed by atoms with Crippen LogP contribution in [-0.4, -0.2) is 40.4 Å². The number of hydrogen-bond donors (Lipinski definition) is 2. The third kappa shape index (κ3) is 6.22. The molecular weight excluding hydrogens is 389 g/mol. The van der Waals surface area contributed by atoms with Crippen LogP contribution >= 0.6 is 7.60 Å². The normalized spacial score (nSPS) is 27.5. The second-order valence-electron chi connectivity index (χ2n) is 6.81. The maximum atomic E-state index is 11.5. The molecule has 0 aromatic heterocycles. The van der Waals surface area contributed by atoms with E-state index >= 15 is 0 Å². The molecule has 0 spiro atoms. The molecule has 1 fully saturated rings. The van der Waals surface area contributed by atoms with Crippen molar-refractivity contribution in [2.75, 3.05) is 6.16 Å². The van der Waals surface area contributed by atoms with E-state index < -0.39 is 32.1 Å². The Hall–Kier alpha value is -2.09. The topological polar surface area (TPSA) is 151 Å². The van der Waals surface area contributed by atoms with E-state index in [2.05, 4.69) is 10.0 Å². The number of rotatable bonds is 7. The SMILES string of the molecule is CC(=O)O[C@H]1[C@H](C)[C@H](C)[C@@H](Oc2ccc(N=[N+]=[N-])cc2)O[C@@H]1CCP(=O)(O)O. The van der Waals surface area contributed by atoms with Crippen molar-refractivity contribution in [3.63, 3.8) is 0 Å². The van der Waals surface area contributed by atoms with Gasteiger partial charge in [0.1, 0.15) is 11.9 Å². The summed E-state index contributed by atoms with van der Waals surface area (Å²) in [4.78, 5) is 32.6. The number of carbonyl (C=O) groups is 1. The molecule has 2 rings (SSSR count). The second-order valence-corrected chi connectivity index (χ2v) is 8.59. The lowest BCUT2D eigenvalue weighted by Crippen LogP contribution is -2.52. The van der Waals surface area contributed by atoms with Crippen molar-refractivity contribution in [1.29, 1.82) is 0 Å². The molecule has 2 N–H and O–H groups in total. The molecule has 1 heterocycles. The van der Waals surface area contributed by atoms with E-state index in [1.165, 1.54) is 6.92 Å². The number of benzene rings is 1. The molecule has 1 aliphatic rings. The summed E-state index contributed by atoms with van der Waals surface area (Å²) in [7, 11) is -4.23. The molecule has 1 aromatic carbocycles. The first-order valence-corrected chi connectivity index (χ1v) is 10.6. The second kappa shape index (κ2) is 9.41. The van der Waals surface area contributed by atoms with E-state index in [1.807, 2.05) is 13.8 Å². The van der Waals surface area contributed by atoms with E-state index in [-0.39, 0.29) is 24.4 Å². The number of ether oxygens (including phenoxy) is 3. The highest BCUT2D eigenvalue weighted by Gasteiger charge is 2.44. The molecule has 0 aliphatic carbocycles. The van der Waals surface area contributed by atoms with E-state index in [1.54, 1.807) is 24.3 Å². The zero-order chi connectivity index (χ0) is 20.9. The van der Waals surface area contributed by atoms with Crippen LogP contribution in [0.5, 0.6) is 5.75 Å². The van der Waals surface area contributed by atoms with E-state index in [0.29, 0.717) is 11.4 Å². The van der Waals surface area contributed by atoms with Gasteiger partial charge in [-0.3, -0.25) is 9.36 Å². The van der Waals surface area contributed by atoms with Gasteiger partial charge in [0.2, 0.25) is 6.29 Å². The Labute approximate surface area is 162 Å². The van der Waals surface area contributed by atoms with Gasteiger partial charge in [0.05, 0.1) is 12.3 Å². The summed E-state index contributed by atoms with van der Waals surface area (Å²) in [6.45, 7) is 5.05. The summed E-state index contributed by atoms with van der Waals surface area (Å²) >= 11 is 0. The average molecular weight is 413 g/mol. The standard InChI is InChI=1S/C17H24N3O7P/c1-10-11(2)17(26-14-6-4-13(5-7-14)19-20-18)27-15(8-9-28(22,23)24)16(10)25-12(3)21/h4-7,10-11,15-17H,8-9H2,1-3H3,(H2,22,23,24)/t10-,11+,15-,16+,17+/m1/s1. The Morgan fingerprint density at radius 3 is 2.46 bits per heavy atom. The van der Waals surface area contributed by atoms with E-state index in [4.69, 9.17) is 19.7 Å². The third-order valence-corrected chi connectivity index (χ3v) is 5.55. The monoisotopic (exact) mass is 413 g/mol. The highest BCUT2D eigenvalue weighted by Crippen LogP contribution is 2.40. The van der Waals surface area contributed by atoms with Crippen LogP contribution < -0.4 is 4.74 Å². The lowest BCUT2D eigenvalue weighted by atomic mass is 9.83. The van der Waals surface area contributed by atoms with Gasteiger partial charge in [-0.25, -0.2) is 0 Å². The van der Waals surface area contributed by atoms with Crippen LogP contribution in [0, 0.1) is 11.8 Å². The lowest BCUT2D eigenvalue weighted by molar-refractivity contribution is -0.239. The molecule has 0 bridgehead atoms. The van der Waals surface area contributed by atoms with Crippen molar-refractivity contribution in [2.45, 2.75) is 45.7 Å². The Morgan fingerprint density at radius 2 is 1.93 bits per heavy atom. The first-order chi connectivity index (χ1) is 13.1. The number of carbonyl (C=O) groups excluding carboxylic acids is 1. The quantitative estimate of drug-likeness (QED) is 0.228. The van der Waals surface area contributed by atoms with E-state index in [0.717, 1.165) is 0 Å². The molecular formula is C17H24N3O7P. The Morgan fingerprint density at radius 1 is 1.29 bits per heavy atom. The molecule has 28 heavy (non-hydrogen) atoms. The minimum Gasteiger partial charge on any atom is -0.465 e. The molecule has 0 saturated carbocycles. The van der Waals surface area contributed by atoms with Crippen molar-refractivity contribution >= 4 is 19.3 Å². The van der Waals surface area contributed by atoms with Crippen LogP contribution in [-0.2, 0) is 18.8 Å². The van der Waals surface area contributed by atoms with Gasteiger partial charge in [0, 0.05) is 29.4 Å². The van der Waals surface area contributed by atoms with Crippen LogP contribution in [0.3, 0.4) is 0 Å². The minimum atomic E-state index is -4.23. The van der Waals surface area contributed by atoms with Crippen molar-refractivity contribution < 1.29 is 33.4 Å². The summed E-state index contributed by atoms with van der Waals surface area (Å²) < 4.78 is 28.5. The molecule has 1 aliphatic heterocycles. The highest BCUT2D eigenvalue weighted by atomic mass is 31.2. The van der Waals surface area contributed by atoms with Crippen molar-refractivity contribution in [3.05, 3.63) is 34.7 Å². The van der Waals surface area contributed by atoms with Crippen molar-refractivity contribution in [2.24, 2.45) is 17.0 Å². The predicted molar refractivity (Wildman–Crippen MR) is 99.9 cm³/mol. The summed E-state index contributed by atoms with van der Waals surface area (Å²) in [5, 5.41) is 3.49. The first kappa shape index (κ1) is 22.2. The molecule has 5 atom stereocenters. The summed E-state index contributed by atoms with van der Waals surface area (Å²) in [5.41, 5.74) is 8.89. The van der Waals surface area contributed by atoms with Gasteiger partial charge in [-0.05, 0) is 36.2 Å². The zero-order valence-corrected chi connectivity index (χ0v) is 16.7. The molecule has 11 heteroatoms. The average Bonchev–Trinajstić information content (AvgIpc) is 2.61. The van der Waals surface area contributed by atoms with Gasteiger partial charge in [0.25, 0.3) is 0 Å². The largest absolute Gasteiger partial charge is 0.465 e. The minimum absolute atomic E-state index is 0.0228. The fourth-order valence-electron chi connectivity index (χ4n) is 3.07. The summed E-state index contributed by atoms with van der Waals surface area (Å²) in [5.74, 6) is -0.318. The Balaban J connectivity index is 2.16. The highest BCUT2D eigenvalue weighted by molar-refractivity contribution is 7.51. The zero-order valence-electron chi connectivity index (χ0n) is 15.8. The molecule has 0 radical (unpaired) electrons. The van der Waals surface area contributed by atoms with Crippen LogP contribution in [0.1, 0.15) is 27.2 Å². The van der Waals surface area contributed by atoms with Gasteiger partial charge < -0.3 is 24.0 Å². The molecule has 154 valence electrons. The van der Waals surface area contributed by atoms with Crippen LogP contribution in [0.25, 0.3) is 10.4 Å².